The lowest BCUT2D eigenvalue weighted by molar-refractivity contribution is -0.384. The molecule has 0 amide bonds. The highest BCUT2D eigenvalue weighted by Crippen LogP contribution is 2.25. The second-order valence-corrected chi connectivity index (χ2v) is 3.11. The van der Waals surface area contributed by atoms with Crippen molar-refractivity contribution in [3.05, 3.63) is 33.9 Å². The Balaban J connectivity index is 3.25. The smallest absolute Gasteiger partial charge is 0.308 e. The largest absolute Gasteiger partial charge is 0.426 e. The highest BCUT2D eigenvalue weighted by molar-refractivity contribution is 6.00. The van der Waals surface area contributed by atoms with Crippen LogP contribution in [0.4, 0.5) is 5.69 Å². The van der Waals surface area contributed by atoms with Gasteiger partial charge in [0.2, 0.25) is 0 Å². The Labute approximate surface area is 95.8 Å². The van der Waals surface area contributed by atoms with E-state index in [1.807, 2.05) is 0 Å². The number of aliphatic hydroxyl groups is 1. The van der Waals surface area contributed by atoms with E-state index in [4.69, 9.17) is 5.11 Å². The fourth-order valence-electron chi connectivity index (χ4n) is 1.18. The van der Waals surface area contributed by atoms with E-state index in [9.17, 15) is 19.7 Å². The Hall–Kier alpha value is -2.28. The van der Waals surface area contributed by atoms with Gasteiger partial charge in [0, 0.05) is 13.0 Å². The second-order valence-electron chi connectivity index (χ2n) is 3.11. The predicted octanol–water partition coefficient (Wildman–Crippen LogP) is 0.695. The number of aliphatic hydroxyl groups excluding tert-OH is 1. The molecule has 0 spiro atoms. The maximum absolute atomic E-state index is 11.3. The number of non-ortho nitro benzene ring substituents is 1. The van der Waals surface area contributed by atoms with E-state index in [0.29, 0.717) is 0 Å². The first-order valence-electron chi connectivity index (χ1n) is 4.56. The van der Waals surface area contributed by atoms with Crippen LogP contribution in [0.2, 0.25) is 0 Å². The Kier molecular flexibility index (Phi) is 3.89. The van der Waals surface area contributed by atoms with Crippen LogP contribution < -0.4 is 4.74 Å². The number of carbonyl (C=O) groups is 2. The van der Waals surface area contributed by atoms with Gasteiger partial charge in [0.1, 0.15) is 12.4 Å². The number of Topliss-reactive ketones (excluding diaryl/α,β-unsaturated/α-hetero) is 1. The number of carbonyl (C=O) groups excluding carboxylic acids is 2. The van der Waals surface area contributed by atoms with E-state index in [0.717, 1.165) is 25.1 Å². The van der Waals surface area contributed by atoms with Crippen LogP contribution in [-0.2, 0) is 4.79 Å². The summed E-state index contributed by atoms with van der Waals surface area (Å²) in [6, 6.07) is 3.19. The van der Waals surface area contributed by atoms with Crippen LogP contribution in [0.1, 0.15) is 17.3 Å². The molecule has 7 heteroatoms. The number of ketones is 1. The summed E-state index contributed by atoms with van der Waals surface area (Å²) in [6.45, 7) is 0.331. The molecule has 17 heavy (non-hydrogen) atoms. The first-order chi connectivity index (χ1) is 7.95. The molecule has 90 valence electrons. The quantitative estimate of drug-likeness (QED) is 0.272. The van der Waals surface area contributed by atoms with Crippen LogP contribution in [0.3, 0.4) is 0 Å². The molecule has 0 saturated carbocycles. The van der Waals surface area contributed by atoms with E-state index >= 15 is 0 Å². The summed E-state index contributed by atoms with van der Waals surface area (Å²) in [5, 5.41) is 19.2. The first-order valence-corrected chi connectivity index (χ1v) is 4.56. The van der Waals surface area contributed by atoms with Crippen molar-refractivity contribution in [2.75, 3.05) is 6.61 Å². The normalized spacial score (nSPS) is 9.76. The summed E-state index contributed by atoms with van der Waals surface area (Å²) in [5.74, 6) is -1.63. The molecular formula is C10H9NO6. The number of hydrogen-bond donors (Lipinski definition) is 1. The Morgan fingerprint density at radius 1 is 1.47 bits per heavy atom. The molecule has 0 aliphatic carbocycles. The van der Waals surface area contributed by atoms with Crippen LogP contribution in [-0.4, -0.2) is 28.4 Å². The highest BCUT2D eigenvalue weighted by Gasteiger charge is 2.17. The Morgan fingerprint density at radius 2 is 2.12 bits per heavy atom. The van der Waals surface area contributed by atoms with Gasteiger partial charge in [0.05, 0.1) is 16.6 Å². The number of ether oxygens (including phenoxy) is 1. The molecule has 0 fully saturated rings. The topological polar surface area (TPSA) is 107 Å². The number of benzene rings is 1. The molecule has 7 nitrogen and oxygen atoms in total. The summed E-state index contributed by atoms with van der Waals surface area (Å²) in [5.41, 5.74) is -0.385. The first kappa shape index (κ1) is 12.8. The monoisotopic (exact) mass is 239 g/mol. The van der Waals surface area contributed by atoms with Crippen molar-refractivity contribution in [1.29, 1.82) is 0 Å². The van der Waals surface area contributed by atoms with Crippen molar-refractivity contribution in [1.82, 2.24) is 0 Å². The Morgan fingerprint density at radius 3 is 2.59 bits per heavy atom. The molecule has 0 aliphatic rings. The van der Waals surface area contributed by atoms with Gasteiger partial charge in [-0.2, -0.15) is 0 Å². The van der Waals surface area contributed by atoms with Gasteiger partial charge >= 0.3 is 5.97 Å². The number of nitrogens with zero attached hydrogens (tertiary/aromatic N) is 1. The lowest BCUT2D eigenvalue weighted by Gasteiger charge is -2.06. The molecule has 1 aromatic rings. The van der Waals surface area contributed by atoms with Crippen molar-refractivity contribution in [3.63, 3.8) is 0 Å². The zero-order valence-electron chi connectivity index (χ0n) is 8.87. The van der Waals surface area contributed by atoms with Crippen LogP contribution in [0.5, 0.6) is 5.75 Å². The summed E-state index contributed by atoms with van der Waals surface area (Å²) in [4.78, 5) is 31.9. The molecule has 0 radical (unpaired) electrons. The van der Waals surface area contributed by atoms with Crippen LogP contribution in [0.25, 0.3) is 0 Å². The van der Waals surface area contributed by atoms with Gasteiger partial charge in [-0.05, 0) is 6.07 Å². The maximum Gasteiger partial charge on any atom is 0.308 e. The van der Waals surface area contributed by atoms with E-state index < -0.39 is 23.3 Å². The highest BCUT2D eigenvalue weighted by atomic mass is 16.6. The third-order valence-electron chi connectivity index (χ3n) is 1.87. The van der Waals surface area contributed by atoms with Crippen molar-refractivity contribution in [2.45, 2.75) is 6.92 Å². The van der Waals surface area contributed by atoms with Crippen molar-refractivity contribution in [2.24, 2.45) is 0 Å². The molecule has 1 rings (SSSR count). The van der Waals surface area contributed by atoms with Crippen molar-refractivity contribution >= 4 is 17.4 Å². The van der Waals surface area contributed by atoms with E-state index in [1.165, 1.54) is 0 Å². The molecule has 1 N–H and O–H groups in total. The molecule has 0 bridgehead atoms. The standard InChI is InChI=1S/C10H9NO6/c1-6(13)17-10-4-7(11(15)16)2-3-8(10)9(14)5-12/h2-4,12H,5H2,1H3. The number of nitro groups is 1. The predicted molar refractivity (Wildman–Crippen MR) is 55.8 cm³/mol. The summed E-state index contributed by atoms with van der Waals surface area (Å²) < 4.78 is 4.68. The van der Waals surface area contributed by atoms with Gasteiger partial charge < -0.3 is 9.84 Å². The third-order valence-corrected chi connectivity index (χ3v) is 1.87. The molecule has 0 saturated heterocycles. The maximum atomic E-state index is 11.3. The summed E-state index contributed by atoms with van der Waals surface area (Å²) in [7, 11) is 0. The van der Waals surface area contributed by atoms with Gasteiger partial charge in [-0.3, -0.25) is 19.7 Å². The molecule has 0 unspecified atom stereocenters. The van der Waals surface area contributed by atoms with Gasteiger partial charge in [-0.1, -0.05) is 0 Å². The van der Waals surface area contributed by atoms with Gasteiger partial charge in [-0.15, -0.1) is 0 Å². The van der Waals surface area contributed by atoms with Crippen LogP contribution in [0, 0.1) is 10.1 Å². The zero-order chi connectivity index (χ0) is 13.0. The van der Waals surface area contributed by atoms with Crippen molar-refractivity contribution < 1.29 is 24.4 Å². The molecule has 0 aliphatic heterocycles. The second kappa shape index (κ2) is 5.17. The van der Waals surface area contributed by atoms with Gasteiger partial charge in [-0.25, -0.2) is 0 Å². The minimum atomic E-state index is -0.772. The average Bonchev–Trinajstić information content (AvgIpc) is 2.27. The Bertz CT molecular complexity index is 482. The third kappa shape index (κ3) is 3.08. The fraction of sp³-hybridized carbons (Fsp3) is 0.200. The van der Waals surface area contributed by atoms with E-state index in [-0.39, 0.29) is 17.0 Å². The molecule has 1 aromatic carbocycles. The minimum Gasteiger partial charge on any atom is -0.426 e. The van der Waals surface area contributed by atoms with E-state index in [2.05, 4.69) is 4.74 Å². The van der Waals surface area contributed by atoms with Crippen LogP contribution >= 0.6 is 0 Å². The fourth-order valence-corrected chi connectivity index (χ4v) is 1.18. The number of rotatable bonds is 4. The number of nitro benzene ring substituents is 1. The number of esters is 1. The zero-order valence-corrected chi connectivity index (χ0v) is 8.87. The van der Waals surface area contributed by atoms with E-state index in [1.54, 1.807) is 0 Å². The van der Waals surface area contributed by atoms with Crippen LogP contribution in [0.15, 0.2) is 18.2 Å². The molecule has 0 atom stereocenters. The minimum absolute atomic E-state index is 0.0756. The molecular weight excluding hydrogens is 230 g/mol. The van der Waals surface area contributed by atoms with Crippen molar-refractivity contribution in [3.8, 4) is 5.75 Å². The lowest BCUT2D eigenvalue weighted by Crippen LogP contribution is -2.10. The van der Waals surface area contributed by atoms with Gasteiger partial charge in [0.25, 0.3) is 5.69 Å². The SMILES string of the molecule is CC(=O)Oc1cc([N+](=O)[O-])ccc1C(=O)CO. The lowest BCUT2D eigenvalue weighted by atomic mass is 10.1. The molecule has 0 heterocycles. The average molecular weight is 239 g/mol. The molecule has 0 aromatic heterocycles. The number of hydrogen-bond acceptors (Lipinski definition) is 6. The van der Waals surface area contributed by atoms with Gasteiger partial charge in [0.15, 0.2) is 5.78 Å². The summed E-state index contributed by atoms with van der Waals surface area (Å²) >= 11 is 0. The summed E-state index contributed by atoms with van der Waals surface area (Å²) in [6.07, 6.45) is 0.